The Kier molecular flexibility index (Phi) is 11.8. The molecule has 0 amide bonds. The van der Waals surface area contributed by atoms with Crippen molar-refractivity contribution in [1.29, 1.82) is 0 Å². The molecule has 0 N–H and O–H groups in total. The molecule has 0 aromatic heterocycles. The zero-order valence-electron chi connectivity index (χ0n) is 26.7. The van der Waals surface area contributed by atoms with E-state index in [1.54, 1.807) is 0 Å². The minimum absolute atomic E-state index is 0.0718. The highest BCUT2D eigenvalue weighted by Gasteiger charge is 2.46. The summed E-state index contributed by atoms with van der Waals surface area (Å²) >= 11 is 0. The number of alkyl halides is 5. The molecule has 2 aromatic carbocycles. The Morgan fingerprint density at radius 1 is 0.766 bits per heavy atom. The molecule has 0 atom stereocenters. The van der Waals surface area contributed by atoms with Crippen molar-refractivity contribution in [3.05, 3.63) is 64.5 Å². The molecule has 0 unspecified atom stereocenters. The predicted molar refractivity (Wildman–Crippen MR) is 161 cm³/mol. The Labute approximate surface area is 271 Å². The van der Waals surface area contributed by atoms with Crippen molar-refractivity contribution in [3.8, 4) is 5.75 Å². The van der Waals surface area contributed by atoms with E-state index in [1.807, 2.05) is 12.1 Å². The van der Waals surface area contributed by atoms with E-state index < -0.39 is 53.9 Å². The third kappa shape index (κ3) is 8.61. The summed E-state index contributed by atoms with van der Waals surface area (Å²) in [5.41, 5.74) is -0.467. The zero-order chi connectivity index (χ0) is 33.8. The van der Waals surface area contributed by atoms with Crippen LogP contribution < -0.4 is 4.74 Å². The van der Waals surface area contributed by atoms with Gasteiger partial charge >= 0.3 is 12.0 Å². The van der Waals surface area contributed by atoms with Gasteiger partial charge in [-0.3, -0.25) is 0 Å². The van der Waals surface area contributed by atoms with E-state index in [0.29, 0.717) is 49.0 Å². The highest BCUT2D eigenvalue weighted by molar-refractivity contribution is 5.33. The van der Waals surface area contributed by atoms with Gasteiger partial charge in [-0.1, -0.05) is 38.3 Å². The lowest BCUT2D eigenvalue weighted by Gasteiger charge is -2.39. The summed E-state index contributed by atoms with van der Waals surface area (Å²) in [6.07, 6.45) is 4.83. The smallest absolute Gasteiger partial charge is 0.400 e. The third-order valence-corrected chi connectivity index (χ3v) is 10.4. The van der Waals surface area contributed by atoms with Crippen LogP contribution in [0.1, 0.15) is 113 Å². The molecule has 11 heteroatoms. The Morgan fingerprint density at radius 3 is 1.91 bits per heavy atom. The quantitative estimate of drug-likeness (QED) is 0.165. The van der Waals surface area contributed by atoms with Gasteiger partial charge in [-0.2, -0.15) is 17.6 Å². The Balaban J connectivity index is 1.09. The number of ether oxygens (including phenoxy) is 3. The average molecular weight is 677 g/mol. The van der Waals surface area contributed by atoms with Gasteiger partial charge in [0, 0.05) is 23.6 Å². The molecule has 3 fully saturated rings. The number of halogens is 8. The summed E-state index contributed by atoms with van der Waals surface area (Å²) in [5, 5.41) is 0. The van der Waals surface area contributed by atoms with Crippen LogP contribution in [0.2, 0.25) is 0 Å². The largest absolute Gasteiger partial charge is 0.432 e. The van der Waals surface area contributed by atoms with Gasteiger partial charge in [-0.25, -0.2) is 17.6 Å². The summed E-state index contributed by atoms with van der Waals surface area (Å²) in [6, 6.07) is 5.70. The van der Waals surface area contributed by atoms with E-state index >= 15 is 13.2 Å². The van der Waals surface area contributed by atoms with Gasteiger partial charge in [-0.15, -0.1) is 0 Å². The monoisotopic (exact) mass is 676 g/mol. The normalized spacial score (nSPS) is 27.5. The first kappa shape index (κ1) is 35.9. The third-order valence-electron chi connectivity index (χ3n) is 10.4. The van der Waals surface area contributed by atoms with Crippen LogP contribution in [-0.4, -0.2) is 26.0 Å². The molecule has 47 heavy (non-hydrogen) atoms. The molecule has 0 radical (unpaired) electrons. The maximum absolute atomic E-state index is 15.3. The molecule has 262 valence electrons. The number of rotatable bonds is 12. The molecule has 2 aliphatic carbocycles. The molecule has 1 aliphatic heterocycles. The molecule has 0 bridgehead atoms. The first-order valence-corrected chi connectivity index (χ1v) is 16.9. The molecular formula is C36H44F8O3. The molecule has 1 saturated heterocycles. The lowest BCUT2D eigenvalue weighted by molar-refractivity contribution is -0.224. The van der Waals surface area contributed by atoms with Gasteiger partial charge in [-0.05, 0) is 87.2 Å². The molecular weight excluding hydrogens is 632 g/mol. The first-order valence-electron chi connectivity index (χ1n) is 16.9. The summed E-state index contributed by atoms with van der Waals surface area (Å²) in [6.45, 7) is 1.05. The van der Waals surface area contributed by atoms with E-state index in [9.17, 15) is 22.0 Å². The van der Waals surface area contributed by atoms with Crippen LogP contribution in [0.4, 0.5) is 35.1 Å². The van der Waals surface area contributed by atoms with Crippen molar-refractivity contribution in [2.45, 2.75) is 108 Å². The van der Waals surface area contributed by atoms with Crippen molar-refractivity contribution in [3.63, 3.8) is 0 Å². The lowest BCUT2D eigenvalue weighted by Crippen LogP contribution is -2.38. The van der Waals surface area contributed by atoms with Crippen molar-refractivity contribution in [1.82, 2.24) is 0 Å². The molecule has 3 aliphatic rings. The van der Waals surface area contributed by atoms with Crippen LogP contribution in [0.3, 0.4) is 0 Å². The number of unbranched alkanes of at least 4 members (excludes halogenated alkanes) is 2. The van der Waals surface area contributed by atoms with Crippen LogP contribution >= 0.6 is 0 Å². The molecule has 3 nitrogen and oxygen atoms in total. The van der Waals surface area contributed by atoms with Gasteiger partial charge in [0.2, 0.25) is 0 Å². The van der Waals surface area contributed by atoms with Gasteiger partial charge in [0.25, 0.3) is 0 Å². The van der Waals surface area contributed by atoms with Crippen molar-refractivity contribution >= 4 is 0 Å². The number of hydrogen-bond donors (Lipinski definition) is 0. The first-order chi connectivity index (χ1) is 22.4. The fraction of sp³-hybridized carbons (Fsp3) is 0.667. The highest BCUT2D eigenvalue weighted by Crippen LogP contribution is 2.47. The summed E-state index contributed by atoms with van der Waals surface area (Å²) < 4.78 is 130. The second-order valence-corrected chi connectivity index (χ2v) is 13.6. The van der Waals surface area contributed by atoms with E-state index in [1.165, 1.54) is 12.5 Å². The van der Waals surface area contributed by atoms with E-state index in [-0.39, 0.29) is 42.6 Å². The van der Waals surface area contributed by atoms with Crippen molar-refractivity contribution in [2.75, 3.05) is 19.9 Å². The zero-order valence-corrected chi connectivity index (χ0v) is 26.7. The molecule has 2 saturated carbocycles. The molecule has 2 aromatic rings. The Hall–Kier alpha value is -2.40. The van der Waals surface area contributed by atoms with Gasteiger partial charge < -0.3 is 14.2 Å². The fourth-order valence-corrected chi connectivity index (χ4v) is 7.70. The van der Waals surface area contributed by atoms with E-state index in [4.69, 9.17) is 9.47 Å². The lowest BCUT2D eigenvalue weighted by atomic mass is 9.68. The number of benzene rings is 2. The number of hydrogen-bond acceptors (Lipinski definition) is 3. The van der Waals surface area contributed by atoms with Gasteiger partial charge in [0.15, 0.2) is 13.0 Å². The van der Waals surface area contributed by atoms with Gasteiger partial charge in [0.1, 0.15) is 23.2 Å². The summed E-state index contributed by atoms with van der Waals surface area (Å²) in [4.78, 5) is 0. The molecule has 0 spiro atoms. The SMILES string of the molecule is CCCCCC1COC(c2ccc(C3CCC(C4CCC(C(F)(F)Oc5cc(F)c(C(F)(F)CF)c(F)c5)CC4)CC3)c(F)c2)OC1. The fourth-order valence-electron chi connectivity index (χ4n) is 7.70. The topological polar surface area (TPSA) is 27.7 Å². The van der Waals surface area contributed by atoms with Crippen LogP contribution in [0.25, 0.3) is 0 Å². The maximum atomic E-state index is 15.3. The van der Waals surface area contributed by atoms with Crippen molar-refractivity contribution in [2.24, 2.45) is 23.7 Å². The van der Waals surface area contributed by atoms with Crippen LogP contribution in [-0.2, 0) is 15.4 Å². The van der Waals surface area contributed by atoms with Crippen LogP contribution in [0.5, 0.6) is 5.75 Å². The average Bonchev–Trinajstić information content (AvgIpc) is 3.05. The Bertz CT molecular complexity index is 1290. The second kappa shape index (κ2) is 15.4. The maximum Gasteiger partial charge on any atom is 0.400 e. The Morgan fingerprint density at radius 2 is 1.36 bits per heavy atom. The second-order valence-electron chi connectivity index (χ2n) is 13.6. The van der Waals surface area contributed by atoms with Gasteiger partial charge in [0.05, 0.1) is 24.7 Å². The summed E-state index contributed by atoms with van der Waals surface area (Å²) in [5.74, 6) is -9.57. The minimum Gasteiger partial charge on any atom is -0.432 e. The standard InChI is InChI=1S/C36H44F8O3/c1-2-3-4-5-22-19-45-34(46-20-22)26-12-15-29(30(38)16-26)25-8-6-23(7-9-25)24-10-13-27(14-11-24)36(43,44)47-28-17-31(39)33(32(40)18-28)35(41,42)21-37/h12,15-18,22-25,27,34H,2-11,13-14,19-21H2,1H3. The van der Waals surface area contributed by atoms with Crippen molar-refractivity contribution < 1.29 is 49.3 Å². The van der Waals surface area contributed by atoms with E-state index in [0.717, 1.165) is 44.9 Å². The predicted octanol–water partition coefficient (Wildman–Crippen LogP) is 11.2. The highest BCUT2D eigenvalue weighted by atomic mass is 19.3. The minimum atomic E-state index is -4.43. The van der Waals surface area contributed by atoms with Crippen LogP contribution in [0.15, 0.2) is 30.3 Å². The molecule has 5 rings (SSSR count). The summed E-state index contributed by atoms with van der Waals surface area (Å²) in [7, 11) is 0. The molecule has 1 heterocycles. The van der Waals surface area contributed by atoms with Crippen LogP contribution in [0, 0.1) is 41.1 Å². The van der Waals surface area contributed by atoms with E-state index in [2.05, 4.69) is 11.7 Å².